The molecule has 0 spiro atoms. The van der Waals surface area contributed by atoms with E-state index in [0.717, 1.165) is 11.9 Å². The Kier molecular flexibility index (Phi) is 7.93. The average molecular weight is 470 g/mol. The fraction of sp³-hybridized carbons (Fsp3) is 0.500. The van der Waals surface area contributed by atoms with Crippen LogP contribution >= 0.6 is 0 Å². The fourth-order valence-corrected chi connectivity index (χ4v) is 3.38. The molecule has 2 atom stereocenters. The summed E-state index contributed by atoms with van der Waals surface area (Å²) in [5, 5.41) is 2.51. The maximum Gasteiger partial charge on any atom is 0.278 e. The third kappa shape index (κ3) is 6.69. The summed E-state index contributed by atoms with van der Waals surface area (Å²) >= 11 is 0. The first kappa shape index (κ1) is 24.5. The first-order valence-corrected chi connectivity index (χ1v) is 10.5. The normalized spacial score (nSPS) is 17.0. The molecular formula is C22H26F4N4O3. The largest absolute Gasteiger partial charge is 0.489 e. The van der Waals surface area contributed by atoms with Crippen LogP contribution in [0.4, 0.5) is 23.4 Å². The Morgan fingerprint density at radius 3 is 2.70 bits per heavy atom. The molecule has 33 heavy (non-hydrogen) atoms. The van der Waals surface area contributed by atoms with Gasteiger partial charge in [-0.05, 0) is 24.6 Å². The van der Waals surface area contributed by atoms with Gasteiger partial charge in [0.25, 0.3) is 11.8 Å². The number of anilines is 1. The van der Waals surface area contributed by atoms with Crippen molar-refractivity contribution in [1.29, 1.82) is 0 Å². The van der Waals surface area contributed by atoms with Gasteiger partial charge in [-0.2, -0.15) is 9.37 Å². The molecule has 1 fully saturated rings. The Morgan fingerprint density at radius 1 is 1.30 bits per heavy atom. The second kappa shape index (κ2) is 10.7. The molecule has 2 heterocycles. The highest BCUT2D eigenvalue weighted by Crippen LogP contribution is 2.29. The number of amides is 1. The number of carbonyl (C=O) groups excluding carboxylic acids is 1. The summed E-state index contributed by atoms with van der Waals surface area (Å²) in [6.45, 7) is 1.56. The Morgan fingerprint density at radius 2 is 2.03 bits per heavy atom. The Bertz CT molecular complexity index is 940. The van der Waals surface area contributed by atoms with Crippen molar-refractivity contribution in [2.75, 3.05) is 37.8 Å². The number of alkyl halides is 3. The summed E-state index contributed by atoms with van der Waals surface area (Å²) in [6, 6.07) is 7.00. The average Bonchev–Trinajstić information content (AvgIpc) is 3.24. The van der Waals surface area contributed by atoms with E-state index in [9.17, 15) is 22.4 Å². The van der Waals surface area contributed by atoms with Crippen LogP contribution in [-0.2, 0) is 4.79 Å². The summed E-state index contributed by atoms with van der Waals surface area (Å²) in [5.41, 5.74) is 0.764. The van der Waals surface area contributed by atoms with E-state index < -0.39 is 36.8 Å². The van der Waals surface area contributed by atoms with Crippen molar-refractivity contribution in [2.24, 2.45) is 0 Å². The van der Waals surface area contributed by atoms with Gasteiger partial charge in [0.05, 0.1) is 12.5 Å². The molecule has 7 nitrogen and oxygen atoms in total. The van der Waals surface area contributed by atoms with Gasteiger partial charge in [-0.3, -0.25) is 4.79 Å². The molecule has 180 valence electrons. The van der Waals surface area contributed by atoms with E-state index in [1.165, 1.54) is 0 Å². The van der Waals surface area contributed by atoms with E-state index in [0.29, 0.717) is 32.2 Å². The molecule has 0 aliphatic carbocycles. The summed E-state index contributed by atoms with van der Waals surface area (Å²) in [6.07, 6.45) is 1.41. The predicted molar refractivity (Wildman–Crippen MR) is 113 cm³/mol. The number of hydrogen-bond acceptors (Lipinski definition) is 6. The number of aromatic nitrogens is 2. The lowest BCUT2D eigenvalue weighted by atomic mass is 10.0. The molecular weight excluding hydrogens is 444 g/mol. The topological polar surface area (TPSA) is 76.6 Å². The second-order valence-corrected chi connectivity index (χ2v) is 7.92. The predicted octanol–water partition coefficient (Wildman–Crippen LogP) is 3.50. The molecule has 0 radical (unpaired) electrons. The van der Waals surface area contributed by atoms with Gasteiger partial charge in [0.1, 0.15) is 24.9 Å². The number of nitrogens with one attached hydrogen (secondary N) is 1. The molecule has 1 amide bonds. The van der Waals surface area contributed by atoms with E-state index >= 15 is 0 Å². The fourth-order valence-electron chi connectivity index (χ4n) is 3.38. The van der Waals surface area contributed by atoms with Gasteiger partial charge in [-0.15, -0.1) is 0 Å². The number of rotatable bonds is 10. The number of nitrogens with zero attached hydrogens (tertiary/aromatic N) is 3. The van der Waals surface area contributed by atoms with E-state index in [1.54, 1.807) is 36.1 Å². The number of benzene rings is 1. The highest BCUT2D eigenvalue weighted by Gasteiger charge is 2.30. The van der Waals surface area contributed by atoms with Crippen molar-refractivity contribution in [3.05, 3.63) is 42.0 Å². The highest BCUT2D eigenvalue weighted by molar-refractivity contribution is 5.83. The van der Waals surface area contributed by atoms with Crippen LogP contribution in [0.5, 0.6) is 11.6 Å². The molecule has 1 aliphatic heterocycles. The van der Waals surface area contributed by atoms with Gasteiger partial charge in [0.15, 0.2) is 12.4 Å². The lowest BCUT2D eigenvalue weighted by molar-refractivity contribution is -0.122. The zero-order valence-electron chi connectivity index (χ0n) is 18.4. The van der Waals surface area contributed by atoms with Crippen LogP contribution in [0.2, 0.25) is 0 Å². The van der Waals surface area contributed by atoms with Gasteiger partial charge in [-0.25, -0.2) is 18.2 Å². The smallest absolute Gasteiger partial charge is 0.278 e. The summed E-state index contributed by atoms with van der Waals surface area (Å²) in [7, 11) is 0. The van der Waals surface area contributed by atoms with Crippen LogP contribution in [0.3, 0.4) is 0 Å². The molecule has 1 saturated heterocycles. The summed E-state index contributed by atoms with van der Waals surface area (Å²) in [5.74, 6) is -4.68. The highest BCUT2D eigenvalue weighted by atomic mass is 19.3. The van der Waals surface area contributed by atoms with Crippen molar-refractivity contribution in [2.45, 2.75) is 38.2 Å². The lowest BCUT2D eigenvalue weighted by Crippen LogP contribution is -2.29. The minimum atomic E-state index is -3.12. The summed E-state index contributed by atoms with van der Waals surface area (Å²) < 4.78 is 63.7. The second-order valence-electron chi connectivity index (χ2n) is 7.92. The van der Waals surface area contributed by atoms with Crippen LogP contribution in [0.25, 0.3) is 0 Å². The number of hydrogen-bond donors (Lipinski definition) is 1. The van der Waals surface area contributed by atoms with Crippen LogP contribution < -0.4 is 19.7 Å². The van der Waals surface area contributed by atoms with Crippen molar-refractivity contribution < 1.29 is 31.8 Å². The monoisotopic (exact) mass is 470 g/mol. The molecule has 1 aromatic carbocycles. The number of carbonyl (C=O) groups is 1. The zero-order chi connectivity index (χ0) is 24.0. The van der Waals surface area contributed by atoms with E-state index in [4.69, 9.17) is 9.47 Å². The first-order valence-electron chi connectivity index (χ1n) is 10.5. The Balaban J connectivity index is 1.58. The van der Waals surface area contributed by atoms with Crippen LogP contribution in [0, 0.1) is 5.82 Å². The third-order valence-electron chi connectivity index (χ3n) is 5.12. The van der Waals surface area contributed by atoms with Gasteiger partial charge >= 0.3 is 0 Å². The number of halogens is 4. The van der Waals surface area contributed by atoms with Crippen LogP contribution in [0.15, 0.2) is 30.6 Å². The van der Waals surface area contributed by atoms with Crippen molar-refractivity contribution in [3.63, 3.8) is 0 Å². The maximum atomic E-state index is 14.7. The molecule has 1 aromatic heterocycles. The Labute approximate surface area is 189 Å². The molecule has 1 aliphatic rings. The van der Waals surface area contributed by atoms with E-state index in [-0.39, 0.29) is 24.4 Å². The van der Waals surface area contributed by atoms with E-state index in [1.807, 2.05) is 0 Å². The minimum absolute atomic E-state index is 0.0197. The standard InChI is InChI=1S/C22H26F4N4O3/c1-14(20(31)27-9-8-23)15-3-5-16(6-4-15)33-17-7-10-30(11-17)19-18(24)21(29-13-28-19)32-12-22(2,25)26/h3-6,13-14,17H,7-12H2,1-2H3,(H,27,31)/t14?,17-/m1/s1. The molecule has 0 saturated carbocycles. The lowest BCUT2D eigenvalue weighted by Gasteiger charge is -2.20. The minimum Gasteiger partial charge on any atom is -0.489 e. The van der Waals surface area contributed by atoms with Crippen molar-refractivity contribution in [1.82, 2.24) is 15.3 Å². The molecule has 1 unspecified atom stereocenters. The van der Waals surface area contributed by atoms with Crippen molar-refractivity contribution >= 4 is 11.7 Å². The van der Waals surface area contributed by atoms with Gasteiger partial charge < -0.3 is 19.7 Å². The number of ether oxygens (including phenoxy) is 2. The first-order chi connectivity index (χ1) is 15.7. The molecule has 3 rings (SSSR count). The van der Waals surface area contributed by atoms with Gasteiger partial charge in [0, 0.05) is 26.4 Å². The van der Waals surface area contributed by atoms with E-state index in [2.05, 4.69) is 15.3 Å². The Hall–Kier alpha value is -3.11. The molecule has 0 bridgehead atoms. The van der Waals surface area contributed by atoms with Crippen LogP contribution in [-0.4, -0.2) is 60.8 Å². The molecule has 2 aromatic rings. The van der Waals surface area contributed by atoms with Gasteiger partial charge in [0.2, 0.25) is 11.7 Å². The third-order valence-corrected chi connectivity index (χ3v) is 5.12. The van der Waals surface area contributed by atoms with Crippen molar-refractivity contribution in [3.8, 4) is 11.6 Å². The zero-order valence-corrected chi connectivity index (χ0v) is 18.4. The molecule has 1 N–H and O–H groups in total. The van der Waals surface area contributed by atoms with Gasteiger partial charge in [-0.1, -0.05) is 12.1 Å². The quantitative estimate of drug-likeness (QED) is 0.536. The summed E-state index contributed by atoms with van der Waals surface area (Å²) in [4.78, 5) is 21.2. The SMILES string of the molecule is CC(C(=O)NCCF)c1ccc(O[C@@H]2CCN(c3ncnc(OCC(C)(F)F)c3F)C2)cc1. The molecule has 11 heteroatoms. The maximum absolute atomic E-state index is 14.7. The van der Waals surface area contributed by atoms with Crippen LogP contribution in [0.1, 0.15) is 31.7 Å².